The third-order valence-electron chi connectivity index (χ3n) is 3.34. The van der Waals surface area contributed by atoms with E-state index in [1.54, 1.807) is 13.2 Å². The Labute approximate surface area is 142 Å². The van der Waals surface area contributed by atoms with Crippen LogP contribution in [0.1, 0.15) is 22.5 Å². The highest BCUT2D eigenvalue weighted by Crippen LogP contribution is 2.23. The van der Waals surface area contributed by atoms with Gasteiger partial charge in [-0.05, 0) is 60.2 Å². The van der Waals surface area contributed by atoms with Crippen molar-refractivity contribution in [2.45, 2.75) is 20.4 Å². The maximum atomic E-state index is 10.6. The molecule has 0 amide bonds. The Balaban J connectivity index is 2.37. The van der Waals surface area contributed by atoms with Gasteiger partial charge in [0.25, 0.3) is 0 Å². The van der Waals surface area contributed by atoms with Crippen LogP contribution >= 0.6 is 22.6 Å². The van der Waals surface area contributed by atoms with Crippen molar-refractivity contribution in [3.63, 3.8) is 0 Å². The van der Waals surface area contributed by atoms with E-state index in [0.29, 0.717) is 6.54 Å². The molecule has 2 rings (SSSR count). The van der Waals surface area contributed by atoms with Crippen LogP contribution in [0.3, 0.4) is 0 Å². The summed E-state index contributed by atoms with van der Waals surface area (Å²) in [6.07, 6.45) is 2.69. The second kappa shape index (κ2) is 6.95. The normalized spacial score (nSPS) is 11.1. The van der Waals surface area contributed by atoms with E-state index >= 15 is 0 Å². The van der Waals surface area contributed by atoms with Crippen LogP contribution in [0.25, 0.3) is 6.08 Å². The number of hydrogen-bond acceptors (Lipinski definition) is 3. The first-order valence-corrected chi connectivity index (χ1v) is 7.77. The molecule has 5 nitrogen and oxygen atoms in total. The number of hydrogen-bond donors (Lipinski definition) is 1. The predicted molar refractivity (Wildman–Crippen MR) is 93.2 cm³/mol. The standard InChI is InChI=1S/C16H17IN2O3/c1-10-16(17)11(2)19(18-10)9-13-8-12(5-7-15(20)21)4-6-14(13)22-3/h4-8H,9H2,1-3H3,(H,20,21)/b7-5+. The van der Waals surface area contributed by atoms with E-state index in [2.05, 4.69) is 27.7 Å². The molecule has 1 N–H and O–H groups in total. The molecule has 2 aromatic rings. The second-order valence-corrected chi connectivity index (χ2v) is 5.96. The van der Waals surface area contributed by atoms with E-state index in [9.17, 15) is 4.79 Å². The van der Waals surface area contributed by atoms with Gasteiger partial charge in [-0.3, -0.25) is 4.68 Å². The lowest BCUT2D eigenvalue weighted by molar-refractivity contribution is -0.131. The fourth-order valence-corrected chi connectivity index (χ4v) is 2.57. The maximum absolute atomic E-state index is 10.6. The molecule has 0 aliphatic heterocycles. The van der Waals surface area contributed by atoms with E-state index in [1.807, 2.05) is 36.7 Å². The van der Waals surface area contributed by atoms with Gasteiger partial charge < -0.3 is 9.84 Å². The molecule has 0 spiro atoms. The first kappa shape index (κ1) is 16.5. The molecular weight excluding hydrogens is 395 g/mol. The van der Waals surface area contributed by atoms with Crippen molar-refractivity contribution in [3.8, 4) is 5.75 Å². The van der Waals surface area contributed by atoms with Gasteiger partial charge in [0, 0.05) is 17.3 Å². The Morgan fingerprint density at radius 3 is 2.73 bits per heavy atom. The van der Waals surface area contributed by atoms with Crippen molar-refractivity contribution in [2.24, 2.45) is 0 Å². The van der Waals surface area contributed by atoms with Gasteiger partial charge in [0.05, 0.1) is 22.9 Å². The van der Waals surface area contributed by atoms with Gasteiger partial charge in [-0.25, -0.2) is 4.79 Å². The highest BCUT2D eigenvalue weighted by molar-refractivity contribution is 14.1. The third-order valence-corrected chi connectivity index (χ3v) is 4.90. The van der Waals surface area contributed by atoms with Crippen molar-refractivity contribution in [1.29, 1.82) is 0 Å². The van der Waals surface area contributed by atoms with E-state index < -0.39 is 5.97 Å². The largest absolute Gasteiger partial charge is 0.496 e. The zero-order valence-corrected chi connectivity index (χ0v) is 14.8. The minimum atomic E-state index is -0.967. The summed E-state index contributed by atoms with van der Waals surface area (Å²) in [5.74, 6) is -0.208. The maximum Gasteiger partial charge on any atom is 0.328 e. The fourth-order valence-electron chi connectivity index (χ4n) is 2.18. The molecular formula is C16H17IN2O3. The molecule has 0 radical (unpaired) electrons. The lowest BCUT2D eigenvalue weighted by Gasteiger charge is -2.11. The number of halogens is 1. The van der Waals surface area contributed by atoms with Crippen LogP contribution in [0.4, 0.5) is 0 Å². The number of methoxy groups -OCH3 is 1. The Hall–Kier alpha value is -1.83. The summed E-state index contributed by atoms with van der Waals surface area (Å²) < 4.78 is 8.47. The van der Waals surface area contributed by atoms with E-state index in [-0.39, 0.29) is 0 Å². The Bertz CT molecular complexity index is 735. The van der Waals surface area contributed by atoms with Gasteiger partial charge >= 0.3 is 5.97 Å². The molecule has 1 heterocycles. The van der Waals surface area contributed by atoms with Gasteiger partial charge in [-0.15, -0.1) is 0 Å². The van der Waals surface area contributed by atoms with Gasteiger partial charge in [0.1, 0.15) is 5.75 Å². The van der Waals surface area contributed by atoms with Crippen LogP contribution in [-0.4, -0.2) is 28.0 Å². The van der Waals surface area contributed by atoms with E-state index in [1.165, 1.54) is 0 Å². The average Bonchev–Trinajstić information content (AvgIpc) is 2.72. The van der Waals surface area contributed by atoms with Crippen molar-refractivity contribution in [1.82, 2.24) is 9.78 Å². The fraction of sp³-hybridized carbons (Fsp3) is 0.250. The number of benzene rings is 1. The number of rotatable bonds is 5. The highest BCUT2D eigenvalue weighted by Gasteiger charge is 2.11. The Morgan fingerprint density at radius 1 is 1.45 bits per heavy atom. The van der Waals surface area contributed by atoms with Crippen molar-refractivity contribution < 1.29 is 14.6 Å². The lowest BCUT2D eigenvalue weighted by Crippen LogP contribution is -2.06. The molecule has 0 bridgehead atoms. The number of nitrogens with zero attached hydrogens (tertiary/aromatic N) is 2. The van der Waals surface area contributed by atoms with Crippen molar-refractivity contribution >= 4 is 34.6 Å². The van der Waals surface area contributed by atoms with Gasteiger partial charge in [0.15, 0.2) is 0 Å². The number of aliphatic carboxylic acids is 1. The SMILES string of the molecule is COc1ccc(/C=C/C(=O)O)cc1Cn1nc(C)c(I)c1C. The van der Waals surface area contributed by atoms with Crippen LogP contribution in [0.2, 0.25) is 0 Å². The number of carboxylic acids is 1. The molecule has 6 heteroatoms. The Kier molecular flexibility index (Phi) is 5.23. The van der Waals surface area contributed by atoms with Crippen LogP contribution < -0.4 is 4.74 Å². The van der Waals surface area contributed by atoms with Gasteiger partial charge in [0.2, 0.25) is 0 Å². The molecule has 22 heavy (non-hydrogen) atoms. The number of carbonyl (C=O) groups is 1. The first-order valence-electron chi connectivity index (χ1n) is 6.69. The minimum Gasteiger partial charge on any atom is -0.496 e. The molecule has 0 saturated heterocycles. The third kappa shape index (κ3) is 3.68. The number of ether oxygens (including phenoxy) is 1. The van der Waals surface area contributed by atoms with Crippen LogP contribution in [-0.2, 0) is 11.3 Å². The molecule has 0 aliphatic carbocycles. The summed E-state index contributed by atoms with van der Waals surface area (Å²) in [6, 6.07) is 5.59. The lowest BCUT2D eigenvalue weighted by atomic mass is 10.1. The second-order valence-electron chi connectivity index (χ2n) is 4.89. The highest BCUT2D eigenvalue weighted by atomic mass is 127. The molecule has 1 aromatic carbocycles. The molecule has 0 fully saturated rings. The van der Waals surface area contributed by atoms with E-state index in [4.69, 9.17) is 9.84 Å². The number of carboxylic acid groups (broad SMARTS) is 1. The number of aryl methyl sites for hydroxylation is 1. The summed E-state index contributed by atoms with van der Waals surface area (Å²) in [5, 5.41) is 13.2. The molecule has 116 valence electrons. The van der Waals surface area contributed by atoms with Crippen molar-refractivity contribution in [2.75, 3.05) is 7.11 Å². The summed E-state index contributed by atoms with van der Waals surface area (Å²) >= 11 is 2.29. The molecule has 1 aromatic heterocycles. The molecule has 0 atom stereocenters. The molecule has 0 unspecified atom stereocenters. The molecule has 0 aliphatic rings. The minimum absolute atomic E-state index is 0.577. The smallest absolute Gasteiger partial charge is 0.328 e. The van der Waals surface area contributed by atoms with Crippen molar-refractivity contribution in [3.05, 3.63) is 50.4 Å². The predicted octanol–water partition coefficient (Wildman–Crippen LogP) is 3.26. The quantitative estimate of drug-likeness (QED) is 0.605. The first-order chi connectivity index (χ1) is 10.4. The van der Waals surface area contributed by atoms with Crippen LogP contribution in [0, 0.1) is 17.4 Å². The Morgan fingerprint density at radius 2 is 2.18 bits per heavy atom. The zero-order valence-electron chi connectivity index (χ0n) is 12.6. The molecule has 0 saturated carbocycles. The van der Waals surface area contributed by atoms with Crippen LogP contribution in [0.15, 0.2) is 24.3 Å². The van der Waals surface area contributed by atoms with Crippen LogP contribution in [0.5, 0.6) is 5.75 Å². The topological polar surface area (TPSA) is 64.3 Å². The average molecular weight is 412 g/mol. The summed E-state index contributed by atoms with van der Waals surface area (Å²) in [4.78, 5) is 10.6. The summed E-state index contributed by atoms with van der Waals surface area (Å²) in [5.41, 5.74) is 3.87. The summed E-state index contributed by atoms with van der Waals surface area (Å²) in [7, 11) is 1.62. The zero-order chi connectivity index (χ0) is 16.3. The number of aromatic nitrogens is 2. The van der Waals surface area contributed by atoms with E-state index in [0.717, 1.165) is 37.9 Å². The van der Waals surface area contributed by atoms with Gasteiger partial charge in [-0.1, -0.05) is 6.07 Å². The summed E-state index contributed by atoms with van der Waals surface area (Å²) in [6.45, 7) is 4.59. The monoisotopic (exact) mass is 412 g/mol. The van der Waals surface area contributed by atoms with Gasteiger partial charge in [-0.2, -0.15) is 5.10 Å².